The number of aromatic hydroxyl groups is 2. The van der Waals surface area contributed by atoms with E-state index >= 15 is 0 Å². The first kappa shape index (κ1) is 18.5. The monoisotopic (exact) mass is 393 g/mol. The van der Waals surface area contributed by atoms with E-state index in [1.807, 2.05) is 24.3 Å². The maximum Gasteiger partial charge on any atom is 0.178 e. The average molecular weight is 395 g/mol. The Hall–Kier alpha value is -0.840. The standard InChI is InChI=1S/C16H14Cl3NO2.ClH/c17-9-3-1-8(2-4-9)11-7-20-6-5-10-12(11)14(19)16(22)15(21)13(10)18;/h1-4,11,20-22H,5-7H2;1H. The number of hydrogen-bond acceptors (Lipinski definition) is 3. The van der Waals surface area contributed by atoms with Crippen LogP contribution in [0.25, 0.3) is 0 Å². The second-order valence-corrected chi connectivity index (χ2v) is 6.47. The van der Waals surface area contributed by atoms with E-state index in [4.69, 9.17) is 34.8 Å². The fourth-order valence-electron chi connectivity index (χ4n) is 2.88. The van der Waals surface area contributed by atoms with E-state index in [1.54, 1.807) is 0 Å². The lowest BCUT2D eigenvalue weighted by Gasteiger charge is -2.22. The normalized spacial score (nSPS) is 17.1. The van der Waals surface area contributed by atoms with Gasteiger partial charge in [0.05, 0.1) is 10.0 Å². The van der Waals surface area contributed by atoms with Crippen molar-refractivity contribution in [3.8, 4) is 11.5 Å². The van der Waals surface area contributed by atoms with Gasteiger partial charge < -0.3 is 15.5 Å². The molecule has 3 rings (SSSR count). The van der Waals surface area contributed by atoms with Gasteiger partial charge in [-0.15, -0.1) is 12.4 Å². The molecule has 23 heavy (non-hydrogen) atoms. The Kier molecular flexibility index (Phi) is 5.93. The highest BCUT2D eigenvalue weighted by Crippen LogP contribution is 2.48. The molecule has 3 nitrogen and oxygen atoms in total. The minimum Gasteiger partial charge on any atom is -0.503 e. The summed E-state index contributed by atoms with van der Waals surface area (Å²) in [5.74, 6) is -0.806. The van der Waals surface area contributed by atoms with Crippen molar-refractivity contribution in [1.82, 2.24) is 5.32 Å². The summed E-state index contributed by atoms with van der Waals surface area (Å²) >= 11 is 18.5. The lowest BCUT2D eigenvalue weighted by molar-refractivity contribution is 0.403. The minimum atomic E-state index is -0.369. The molecule has 0 aromatic heterocycles. The van der Waals surface area contributed by atoms with Crippen LogP contribution in [0.1, 0.15) is 22.6 Å². The number of fused-ring (bicyclic) bond motifs is 1. The summed E-state index contributed by atoms with van der Waals surface area (Å²) in [6, 6.07) is 7.49. The molecule has 1 heterocycles. The van der Waals surface area contributed by atoms with Crippen LogP contribution in [0.2, 0.25) is 15.1 Å². The molecule has 1 unspecified atom stereocenters. The fourth-order valence-corrected chi connectivity index (χ4v) is 3.63. The number of nitrogens with one attached hydrogen (secondary N) is 1. The van der Waals surface area contributed by atoms with Crippen molar-refractivity contribution in [3.63, 3.8) is 0 Å². The Morgan fingerprint density at radius 3 is 2.22 bits per heavy atom. The lowest BCUT2D eigenvalue weighted by Crippen LogP contribution is -2.21. The summed E-state index contributed by atoms with van der Waals surface area (Å²) in [5, 5.41) is 24.3. The Balaban J connectivity index is 0.00000192. The Morgan fingerprint density at radius 2 is 1.57 bits per heavy atom. The molecule has 0 amide bonds. The number of phenolic OH excluding ortho intramolecular Hbond substituents is 2. The Morgan fingerprint density at radius 1 is 0.957 bits per heavy atom. The summed E-state index contributed by atoms with van der Waals surface area (Å²) in [5.41, 5.74) is 2.55. The van der Waals surface area contributed by atoms with Crippen molar-refractivity contribution in [2.24, 2.45) is 0 Å². The molecule has 3 N–H and O–H groups in total. The van der Waals surface area contributed by atoms with E-state index in [-0.39, 0.29) is 39.9 Å². The van der Waals surface area contributed by atoms with Gasteiger partial charge in [0.15, 0.2) is 11.5 Å². The number of phenols is 2. The van der Waals surface area contributed by atoms with Gasteiger partial charge in [-0.25, -0.2) is 0 Å². The lowest BCUT2D eigenvalue weighted by atomic mass is 9.87. The smallest absolute Gasteiger partial charge is 0.178 e. The summed E-state index contributed by atoms with van der Waals surface area (Å²) in [6.07, 6.45) is 0.631. The van der Waals surface area contributed by atoms with Gasteiger partial charge in [0.25, 0.3) is 0 Å². The van der Waals surface area contributed by atoms with E-state index in [9.17, 15) is 10.2 Å². The van der Waals surface area contributed by atoms with Crippen molar-refractivity contribution >= 4 is 47.2 Å². The zero-order valence-corrected chi connectivity index (χ0v) is 15.0. The summed E-state index contributed by atoms with van der Waals surface area (Å²) < 4.78 is 0. The van der Waals surface area contributed by atoms with Crippen molar-refractivity contribution in [3.05, 3.63) is 56.0 Å². The van der Waals surface area contributed by atoms with Crippen LogP contribution in [0.3, 0.4) is 0 Å². The molecule has 1 atom stereocenters. The van der Waals surface area contributed by atoms with Crippen molar-refractivity contribution in [1.29, 1.82) is 0 Å². The van der Waals surface area contributed by atoms with E-state index in [1.165, 1.54) is 0 Å². The molecule has 7 heteroatoms. The van der Waals surface area contributed by atoms with Gasteiger partial charge in [-0.3, -0.25) is 0 Å². The van der Waals surface area contributed by atoms with Crippen LogP contribution < -0.4 is 5.32 Å². The largest absolute Gasteiger partial charge is 0.503 e. The SMILES string of the molecule is Cl.Oc1c(O)c(Cl)c2c(c1Cl)CCNCC2c1ccc(Cl)cc1. The Bertz CT molecular complexity index is 719. The molecule has 2 aromatic carbocycles. The maximum absolute atomic E-state index is 10.0. The van der Waals surface area contributed by atoms with E-state index in [2.05, 4.69) is 5.32 Å². The summed E-state index contributed by atoms with van der Waals surface area (Å²) in [6.45, 7) is 1.38. The molecule has 0 saturated heterocycles. The third kappa shape index (κ3) is 3.35. The third-order valence-corrected chi connectivity index (χ3v) is 5.03. The van der Waals surface area contributed by atoms with Crippen LogP contribution in [-0.2, 0) is 6.42 Å². The second kappa shape index (κ2) is 7.37. The molecule has 2 aromatic rings. The van der Waals surface area contributed by atoms with Crippen LogP contribution in [0, 0.1) is 0 Å². The van der Waals surface area contributed by atoms with Crippen LogP contribution in [0.4, 0.5) is 0 Å². The van der Waals surface area contributed by atoms with E-state index in [0.29, 0.717) is 18.0 Å². The highest BCUT2D eigenvalue weighted by atomic mass is 35.5. The summed E-state index contributed by atoms with van der Waals surface area (Å²) in [7, 11) is 0. The van der Waals surface area contributed by atoms with Gasteiger partial charge in [0, 0.05) is 17.5 Å². The van der Waals surface area contributed by atoms with E-state index < -0.39 is 0 Å². The van der Waals surface area contributed by atoms with Gasteiger partial charge in [-0.1, -0.05) is 46.9 Å². The predicted octanol–water partition coefficient (Wildman–Crippen LogP) is 4.76. The van der Waals surface area contributed by atoms with Crippen LogP contribution in [0.5, 0.6) is 11.5 Å². The fraction of sp³-hybridized carbons (Fsp3) is 0.250. The highest BCUT2D eigenvalue weighted by molar-refractivity contribution is 6.37. The van der Waals surface area contributed by atoms with Gasteiger partial charge >= 0.3 is 0 Å². The molecular weight excluding hydrogens is 380 g/mol. The minimum absolute atomic E-state index is 0. The number of benzene rings is 2. The topological polar surface area (TPSA) is 52.5 Å². The number of hydrogen-bond donors (Lipinski definition) is 3. The average Bonchev–Trinajstić information content (AvgIpc) is 2.74. The first-order valence-corrected chi connectivity index (χ1v) is 8.02. The first-order valence-electron chi connectivity index (χ1n) is 6.88. The molecule has 0 saturated carbocycles. The third-order valence-electron chi connectivity index (χ3n) is 3.99. The van der Waals surface area contributed by atoms with E-state index in [0.717, 1.165) is 23.2 Å². The Labute approximate surface area is 155 Å². The zero-order chi connectivity index (χ0) is 15.9. The maximum atomic E-state index is 10.0. The quantitative estimate of drug-likeness (QED) is 0.611. The van der Waals surface area contributed by atoms with Crippen molar-refractivity contribution in [2.75, 3.05) is 13.1 Å². The molecule has 124 valence electrons. The molecule has 0 bridgehead atoms. The highest BCUT2D eigenvalue weighted by Gasteiger charge is 2.29. The molecular formula is C16H15Cl4NO2. The van der Waals surface area contributed by atoms with Gasteiger partial charge in [0.1, 0.15) is 0 Å². The van der Waals surface area contributed by atoms with Gasteiger partial charge in [-0.2, -0.15) is 0 Å². The molecule has 1 aliphatic heterocycles. The van der Waals surface area contributed by atoms with Crippen LogP contribution >= 0.6 is 47.2 Å². The molecule has 0 spiro atoms. The molecule has 1 aliphatic rings. The van der Waals surface area contributed by atoms with Crippen LogP contribution in [0.15, 0.2) is 24.3 Å². The molecule has 0 radical (unpaired) electrons. The van der Waals surface area contributed by atoms with Crippen molar-refractivity contribution < 1.29 is 10.2 Å². The zero-order valence-electron chi connectivity index (χ0n) is 11.9. The first-order chi connectivity index (χ1) is 10.5. The molecule has 0 aliphatic carbocycles. The predicted molar refractivity (Wildman–Crippen MR) is 96.9 cm³/mol. The van der Waals surface area contributed by atoms with Crippen LogP contribution in [-0.4, -0.2) is 23.3 Å². The van der Waals surface area contributed by atoms with Gasteiger partial charge in [-0.05, 0) is 41.8 Å². The summed E-state index contributed by atoms with van der Waals surface area (Å²) in [4.78, 5) is 0. The van der Waals surface area contributed by atoms with Gasteiger partial charge in [0.2, 0.25) is 0 Å². The number of rotatable bonds is 1. The van der Waals surface area contributed by atoms with Crippen molar-refractivity contribution in [2.45, 2.75) is 12.3 Å². The molecule has 0 fully saturated rings. The number of halogens is 4. The second-order valence-electron chi connectivity index (χ2n) is 5.28.